The van der Waals surface area contributed by atoms with Crippen molar-refractivity contribution in [2.75, 3.05) is 0 Å². The van der Waals surface area contributed by atoms with Gasteiger partial charge in [0.25, 0.3) is 0 Å². The first-order valence-electron chi connectivity index (χ1n) is 10.6. The average molecular weight is 402 g/mol. The Bertz CT molecular complexity index is 1110. The zero-order valence-electron chi connectivity index (χ0n) is 17.8. The number of benzene rings is 1. The molecule has 1 fully saturated rings. The van der Waals surface area contributed by atoms with Crippen LogP contribution >= 0.6 is 0 Å². The minimum atomic E-state index is 0.176. The number of fused-ring (bicyclic) bond motifs is 1. The number of carbonyl (C=O) groups is 1. The minimum absolute atomic E-state index is 0.176. The summed E-state index contributed by atoms with van der Waals surface area (Å²) < 4.78 is 1.71. The Morgan fingerprint density at radius 1 is 1.30 bits per heavy atom. The second-order valence-corrected chi connectivity index (χ2v) is 8.25. The summed E-state index contributed by atoms with van der Waals surface area (Å²) in [4.78, 5) is 19.9. The highest BCUT2D eigenvalue weighted by molar-refractivity contribution is 5.77. The molecule has 0 saturated heterocycles. The van der Waals surface area contributed by atoms with Gasteiger partial charge in [0.2, 0.25) is 5.91 Å². The summed E-state index contributed by atoms with van der Waals surface area (Å²) in [5.41, 5.74) is 5.04. The summed E-state index contributed by atoms with van der Waals surface area (Å²) in [6.45, 7) is 6.74. The summed E-state index contributed by atoms with van der Waals surface area (Å²) in [6.07, 6.45) is 5.01. The largest absolute Gasteiger partial charge is 0.335 e. The monoisotopic (exact) mass is 401 g/mol. The van der Waals surface area contributed by atoms with Crippen LogP contribution in [0.3, 0.4) is 0 Å². The first-order chi connectivity index (χ1) is 14.5. The normalized spacial score (nSPS) is 14.5. The van der Waals surface area contributed by atoms with Crippen molar-refractivity contribution in [3.8, 4) is 6.07 Å². The zero-order valence-corrected chi connectivity index (χ0v) is 17.8. The summed E-state index contributed by atoms with van der Waals surface area (Å²) in [6, 6.07) is 12.6. The molecular weight excluding hydrogens is 374 g/mol. The van der Waals surface area contributed by atoms with E-state index in [-0.39, 0.29) is 11.9 Å². The Morgan fingerprint density at radius 3 is 2.70 bits per heavy atom. The van der Waals surface area contributed by atoms with Gasteiger partial charge in [-0.2, -0.15) is 10.4 Å². The van der Waals surface area contributed by atoms with Crippen LogP contribution in [-0.4, -0.2) is 31.4 Å². The molecule has 30 heavy (non-hydrogen) atoms. The zero-order chi connectivity index (χ0) is 21.3. The van der Waals surface area contributed by atoms with Crippen molar-refractivity contribution < 1.29 is 4.79 Å². The van der Waals surface area contributed by atoms with Gasteiger partial charge in [-0.1, -0.05) is 30.3 Å². The van der Waals surface area contributed by atoms with Crippen molar-refractivity contribution in [3.05, 3.63) is 64.6 Å². The molecule has 0 spiro atoms. The molecule has 2 heterocycles. The van der Waals surface area contributed by atoms with E-state index in [1.54, 1.807) is 10.7 Å². The third-order valence-corrected chi connectivity index (χ3v) is 6.23. The number of aryl methyl sites for hydroxylation is 2. The average Bonchev–Trinajstić information content (AvgIpc) is 3.52. The lowest BCUT2D eigenvalue weighted by Gasteiger charge is -2.30. The second-order valence-electron chi connectivity index (χ2n) is 8.25. The van der Waals surface area contributed by atoms with Crippen LogP contribution in [0.4, 0.5) is 0 Å². The fraction of sp³-hybridized carbons (Fsp3) is 0.417. The highest BCUT2D eigenvalue weighted by Crippen LogP contribution is 2.36. The topological polar surface area (TPSA) is 74.3 Å². The maximum atomic E-state index is 13.3. The van der Waals surface area contributed by atoms with Gasteiger partial charge < -0.3 is 4.90 Å². The predicted molar refractivity (Wildman–Crippen MR) is 115 cm³/mol. The van der Waals surface area contributed by atoms with Crippen LogP contribution < -0.4 is 0 Å². The van der Waals surface area contributed by atoms with Gasteiger partial charge >= 0.3 is 0 Å². The highest BCUT2D eigenvalue weighted by atomic mass is 16.2. The second kappa shape index (κ2) is 8.27. The molecule has 0 bridgehead atoms. The molecule has 6 heteroatoms. The standard InChI is InChI=1S/C24H27N5O/c1-16-22(18(3)29-24(27-16)21(13-25)14-26-29)11-12-23(30)28(17(2)20-9-10-20)15-19-7-5-4-6-8-19/h4-8,14,17,20H,9-12,15H2,1-3H3. The minimum Gasteiger partial charge on any atom is -0.335 e. The van der Waals surface area contributed by atoms with Crippen LogP contribution in [0, 0.1) is 31.1 Å². The molecule has 0 N–H and O–H groups in total. The molecule has 0 radical (unpaired) electrons. The number of nitrogens with zero attached hydrogens (tertiary/aromatic N) is 5. The van der Waals surface area contributed by atoms with E-state index in [2.05, 4.69) is 35.2 Å². The van der Waals surface area contributed by atoms with Crippen LogP contribution in [-0.2, 0) is 17.8 Å². The number of hydrogen-bond acceptors (Lipinski definition) is 4. The summed E-state index contributed by atoms with van der Waals surface area (Å²) >= 11 is 0. The fourth-order valence-electron chi connectivity index (χ4n) is 4.20. The van der Waals surface area contributed by atoms with E-state index in [1.807, 2.05) is 36.9 Å². The van der Waals surface area contributed by atoms with Crippen molar-refractivity contribution in [2.45, 2.75) is 59.0 Å². The molecule has 4 rings (SSSR count). The molecule has 1 saturated carbocycles. The van der Waals surface area contributed by atoms with Crippen LogP contribution in [0.1, 0.15) is 54.3 Å². The molecule has 0 aliphatic heterocycles. The van der Waals surface area contributed by atoms with E-state index in [9.17, 15) is 10.1 Å². The molecule has 154 valence electrons. The van der Waals surface area contributed by atoms with Crippen molar-refractivity contribution in [1.82, 2.24) is 19.5 Å². The molecule has 1 atom stereocenters. The van der Waals surface area contributed by atoms with Gasteiger partial charge in [0.1, 0.15) is 11.6 Å². The molecule has 1 aliphatic carbocycles. The summed E-state index contributed by atoms with van der Waals surface area (Å²) in [5, 5.41) is 13.5. The Hall–Kier alpha value is -3.20. The Morgan fingerprint density at radius 2 is 2.03 bits per heavy atom. The van der Waals surface area contributed by atoms with Gasteiger partial charge in [0.05, 0.1) is 6.20 Å². The van der Waals surface area contributed by atoms with Gasteiger partial charge in [-0.05, 0) is 57.1 Å². The van der Waals surface area contributed by atoms with Gasteiger partial charge in [-0.25, -0.2) is 9.50 Å². The molecule has 1 amide bonds. The molecule has 2 aromatic heterocycles. The van der Waals surface area contributed by atoms with Gasteiger partial charge in [-0.15, -0.1) is 0 Å². The van der Waals surface area contributed by atoms with Crippen LogP contribution in [0.15, 0.2) is 36.5 Å². The molecule has 6 nitrogen and oxygen atoms in total. The van der Waals surface area contributed by atoms with Gasteiger partial charge in [0.15, 0.2) is 5.65 Å². The van der Waals surface area contributed by atoms with Crippen molar-refractivity contribution >= 4 is 11.6 Å². The molecular formula is C24H27N5O. The predicted octanol–water partition coefficient (Wildman–Crippen LogP) is 3.98. The molecule has 1 unspecified atom stereocenters. The number of carbonyl (C=O) groups excluding carboxylic acids is 1. The van der Waals surface area contributed by atoms with Crippen LogP contribution in [0.5, 0.6) is 0 Å². The Kier molecular flexibility index (Phi) is 5.54. The van der Waals surface area contributed by atoms with E-state index in [4.69, 9.17) is 0 Å². The lowest BCUT2D eigenvalue weighted by Crippen LogP contribution is -2.39. The van der Waals surface area contributed by atoms with E-state index in [1.165, 1.54) is 12.8 Å². The smallest absolute Gasteiger partial charge is 0.223 e. The number of rotatable bonds is 7. The molecule has 1 aromatic carbocycles. The van der Waals surface area contributed by atoms with Crippen molar-refractivity contribution in [3.63, 3.8) is 0 Å². The maximum absolute atomic E-state index is 13.3. The molecule has 1 aliphatic rings. The number of nitriles is 1. The first-order valence-corrected chi connectivity index (χ1v) is 10.6. The lowest BCUT2D eigenvalue weighted by atomic mass is 10.0. The van der Waals surface area contributed by atoms with Crippen molar-refractivity contribution in [1.29, 1.82) is 5.26 Å². The van der Waals surface area contributed by atoms with Crippen LogP contribution in [0.25, 0.3) is 5.65 Å². The fourth-order valence-corrected chi connectivity index (χ4v) is 4.20. The molecule has 3 aromatic rings. The SMILES string of the molecule is Cc1nc2c(C#N)cnn2c(C)c1CCC(=O)N(Cc1ccccc1)C(C)C1CC1. The van der Waals surface area contributed by atoms with Gasteiger partial charge in [-0.3, -0.25) is 4.79 Å². The number of aromatic nitrogens is 3. The summed E-state index contributed by atoms with van der Waals surface area (Å²) in [5.74, 6) is 0.794. The van der Waals surface area contributed by atoms with E-state index < -0.39 is 0 Å². The number of amides is 1. The third-order valence-electron chi connectivity index (χ3n) is 6.23. The van der Waals surface area contributed by atoms with E-state index in [0.29, 0.717) is 36.5 Å². The van der Waals surface area contributed by atoms with E-state index >= 15 is 0 Å². The Labute approximate surface area is 177 Å². The number of hydrogen-bond donors (Lipinski definition) is 0. The quantitative estimate of drug-likeness (QED) is 0.600. The summed E-state index contributed by atoms with van der Waals surface area (Å²) in [7, 11) is 0. The maximum Gasteiger partial charge on any atom is 0.223 e. The Balaban J connectivity index is 1.54. The van der Waals surface area contributed by atoms with Crippen molar-refractivity contribution in [2.24, 2.45) is 5.92 Å². The first kappa shape index (κ1) is 20.1. The van der Waals surface area contributed by atoms with E-state index in [0.717, 1.165) is 22.5 Å². The highest BCUT2D eigenvalue weighted by Gasteiger charge is 2.34. The van der Waals surface area contributed by atoms with Gasteiger partial charge in [0, 0.05) is 30.4 Å². The third kappa shape index (κ3) is 3.93. The lowest BCUT2D eigenvalue weighted by molar-refractivity contribution is -0.134. The van der Waals surface area contributed by atoms with Crippen LogP contribution in [0.2, 0.25) is 0 Å².